The Morgan fingerprint density at radius 3 is 2.47 bits per heavy atom. The molecule has 0 aromatic heterocycles. The number of hydrogen-bond acceptors (Lipinski definition) is 3. The topological polar surface area (TPSA) is 46.6 Å². The van der Waals surface area contributed by atoms with E-state index in [-0.39, 0.29) is 11.9 Å². The quantitative estimate of drug-likeness (QED) is 0.767. The van der Waals surface area contributed by atoms with E-state index in [1.54, 1.807) is 0 Å². The normalized spacial score (nSPS) is 22.1. The Bertz CT molecular complexity index is 517. The second-order valence-electron chi connectivity index (χ2n) is 4.89. The zero-order valence-electron chi connectivity index (χ0n) is 11.3. The lowest BCUT2D eigenvalue weighted by Crippen LogP contribution is -2.36. The first-order valence-electron chi connectivity index (χ1n) is 6.24. The Labute approximate surface area is 112 Å². The van der Waals surface area contributed by atoms with Crippen LogP contribution in [-0.4, -0.2) is 22.9 Å². The fourth-order valence-electron chi connectivity index (χ4n) is 2.16. The van der Waals surface area contributed by atoms with Gasteiger partial charge in [0.2, 0.25) is 0 Å². The number of cyclic esters (lactones) is 1. The average Bonchev–Trinajstić information content (AvgIpc) is 2.65. The predicted molar refractivity (Wildman–Crippen MR) is 71.4 cm³/mol. The van der Waals surface area contributed by atoms with Gasteiger partial charge in [0.1, 0.15) is 6.10 Å². The SMILES string of the molecule is CC(C)=CC(=O)N1C(=O)O[C@@H](c2ccccc2)[C@H]1C. The number of carbonyl (C=O) groups is 2. The van der Waals surface area contributed by atoms with E-state index in [0.717, 1.165) is 11.1 Å². The Kier molecular flexibility index (Phi) is 3.69. The first-order valence-corrected chi connectivity index (χ1v) is 6.24. The molecule has 1 aromatic rings. The van der Waals surface area contributed by atoms with Crippen molar-refractivity contribution in [2.75, 3.05) is 0 Å². The highest BCUT2D eigenvalue weighted by Gasteiger charge is 2.42. The number of amides is 2. The summed E-state index contributed by atoms with van der Waals surface area (Å²) in [6.45, 7) is 5.45. The van der Waals surface area contributed by atoms with Crippen molar-refractivity contribution in [1.29, 1.82) is 0 Å². The average molecular weight is 259 g/mol. The first-order chi connectivity index (χ1) is 9.00. The lowest BCUT2D eigenvalue weighted by Gasteiger charge is -2.18. The number of rotatable bonds is 2. The van der Waals surface area contributed by atoms with Crippen LogP contribution in [0.5, 0.6) is 0 Å². The number of imide groups is 1. The van der Waals surface area contributed by atoms with Crippen LogP contribution in [0.15, 0.2) is 42.0 Å². The van der Waals surface area contributed by atoms with E-state index in [0.29, 0.717) is 0 Å². The molecule has 19 heavy (non-hydrogen) atoms. The maximum Gasteiger partial charge on any atom is 0.417 e. The molecule has 2 amide bonds. The van der Waals surface area contributed by atoms with Gasteiger partial charge >= 0.3 is 6.09 Å². The molecule has 100 valence electrons. The fourth-order valence-corrected chi connectivity index (χ4v) is 2.16. The van der Waals surface area contributed by atoms with Crippen LogP contribution in [0.2, 0.25) is 0 Å². The minimum absolute atomic E-state index is 0.307. The zero-order chi connectivity index (χ0) is 14.0. The van der Waals surface area contributed by atoms with Crippen LogP contribution in [0.1, 0.15) is 32.4 Å². The van der Waals surface area contributed by atoms with Gasteiger partial charge in [0, 0.05) is 6.08 Å². The summed E-state index contributed by atoms with van der Waals surface area (Å²) in [5, 5.41) is 0. The van der Waals surface area contributed by atoms with Gasteiger partial charge in [-0.25, -0.2) is 9.69 Å². The maximum atomic E-state index is 12.0. The molecule has 2 rings (SSSR count). The summed E-state index contributed by atoms with van der Waals surface area (Å²) in [6, 6.07) is 9.15. The van der Waals surface area contributed by atoms with Gasteiger partial charge in [0.05, 0.1) is 6.04 Å². The van der Waals surface area contributed by atoms with Crippen molar-refractivity contribution in [1.82, 2.24) is 4.90 Å². The van der Waals surface area contributed by atoms with Gasteiger partial charge in [0.25, 0.3) is 5.91 Å². The van der Waals surface area contributed by atoms with E-state index in [1.807, 2.05) is 51.1 Å². The molecule has 0 aliphatic carbocycles. The van der Waals surface area contributed by atoms with Crippen molar-refractivity contribution in [3.05, 3.63) is 47.5 Å². The highest BCUT2D eigenvalue weighted by atomic mass is 16.6. The van der Waals surface area contributed by atoms with Crippen LogP contribution in [0, 0.1) is 0 Å². The van der Waals surface area contributed by atoms with Crippen LogP contribution >= 0.6 is 0 Å². The highest BCUT2D eigenvalue weighted by molar-refractivity contribution is 6.00. The summed E-state index contributed by atoms with van der Waals surface area (Å²) in [5.41, 5.74) is 1.75. The first kappa shape index (κ1) is 13.3. The van der Waals surface area contributed by atoms with E-state index < -0.39 is 12.2 Å². The molecule has 1 aromatic carbocycles. The number of benzene rings is 1. The van der Waals surface area contributed by atoms with Gasteiger partial charge in [-0.1, -0.05) is 35.9 Å². The summed E-state index contributed by atoms with van der Waals surface area (Å²) in [7, 11) is 0. The Balaban J connectivity index is 2.24. The van der Waals surface area contributed by atoms with Crippen molar-refractivity contribution in [3.63, 3.8) is 0 Å². The maximum absolute atomic E-state index is 12.0. The lowest BCUT2D eigenvalue weighted by atomic mass is 10.0. The van der Waals surface area contributed by atoms with Crippen LogP contribution in [0.3, 0.4) is 0 Å². The standard InChI is InChI=1S/C15H17NO3/c1-10(2)9-13(17)16-11(3)14(19-15(16)18)12-7-5-4-6-8-12/h4-9,11,14H,1-3H3/t11-,14-/m1/s1. The summed E-state index contributed by atoms with van der Waals surface area (Å²) in [4.78, 5) is 25.0. The monoisotopic (exact) mass is 259 g/mol. The number of carbonyl (C=O) groups excluding carboxylic acids is 2. The van der Waals surface area contributed by atoms with Crippen LogP contribution in [0.4, 0.5) is 4.79 Å². The number of allylic oxidation sites excluding steroid dienone is 1. The van der Waals surface area contributed by atoms with E-state index in [2.05, 4.69) is 0 Å². The minimum atomic E-state index is -0.580. The molecular weight excluding hydrogens is 242 g/mol. The van der Waals surface area contributed by atoms with Crippen molar-refractivity contribution >= 4 is 12.0 Å². The van der Waals surface area contributed by atoms with Crippen molar-refractivity contribution in [3.8, 4) is 0 Å². The summed E-state index contributed by atoms with van der Waals surface area (Å²) in [6.07, 6.45) is 0.470. The molecule has 1 aliphatic heterocycles. The van der Waals surface area contributed by atoms with Gasteiger partial charge < -0.3 is 4.74 Å². The second kappa shape index (κ2) is 5.26. The smallest absolute Gasteiger partial charge is 0.417 e. The van der Waals surface area contributed by atoms with E-state index >= 15 is 0 Å². The molecule has 0 spiro atoms. The van der Waals surface area contributed by atoms with Gasteiger partial charge in [-0.3, -0.25) is 4.79 Å². The van der Waals surface area contributed by atoms with Gasteiger partial charge in [-0.2, -0.15) is 0 Å². The molecule has 0 bridgehead atoms. The number of hydrogen-bond donors (Lipinski definition) is 0. The predicted octanol–water partition coefficient (Wildman–Crippen LogP) is 3.06. The van der Waals surface area contributed by atoms with E-state index in [9.17, 15) is 9.59 Å². The zero-order valence-corrected chi connectivity index (χ0v) is 11.3. The Hall–Kier alpha value is -2.10. The molecule has 0 N–H and O–H groups in total. The van der Waals surface area contributed by atoms with Gasteiger partial charge in [-0.05, 0) is 26.3 Å². The van der Waals surface area contributed by atoms with Crippen LogP contribution in [-0.2, 0) is 9.53 Å². The highest BCUT2D eigenvalue weighted by Crippen LogP contribution is 2.32. The van der Waals surface area contributed by atoms with Crippen molar-refractivity contribution in [2.45, 2.75) is 32.9 Å². The largest absolute Gasteiger partial charge is 0.439 e. The summed E-state index contributed by atoms with van der Waals surface area (Å²) >= 11 is 0. The third-order valence-electron chi connectivity index (χ3n) is 3.05. The molecule has 0 radical (unpaired) electrons. The van der Waals surface area contributed by atoms with E-state index in [4.69, 9.17) is 4.74 Å². The molecule has 1 aliphatic rings. The Morgan fingerprint density at radius 1 is 1.26 bits per heavy atom. The molecule has 1 saturated heterocycles. The third kappa shape index (κ3) is 2.67. The second-order valence-corrected chi connectivity index (χ2v) is 4.89. The molecule has 1 fully saturated rings. The third-order valence-corrected chi connectivity index (χ3v) is 3.05. The van der Waals surface area contributed by atoms with Crippen molar-refractivity contribution < 1.29 is 14.3 Å². The van der Waals surface area contributed by atoms with Crippen LogP contribution < -0.4 is 0 Å². The number of nitrogens with zero attached hydrogens (tertiary/aromatic N) is 1. The molecule has 0 unspecified atom stereocenters. The van der Waals surface area contributed by atoms with Gasteiger partial charge in [0.15, 0.2) is 0 Å². The molecule has 1 heterocycles. The number of ether oxygens (including phenoxy) is 1. The molecule has 2 atom stereocenters. The molecular formula is C15H17NO3. The molecule has 4 heteroatoms. The van der Waals surface area contributed by atoms with Gasteiger partial charge in [-0.15, -0.1) is 0 Å². The van der Waals surface area contributed by atoms with E-state index in [1.165, 1.54) is 11.0 Å². The fraction of sp³-hybridized carbons (Fsp3) is 0.333. The Morgan fingerprint density at radius 2 is 1.89 bits per heavy atom. The lowest BCUT2D eigenvalue weighted by molar-refractivity contribution is -0.124. The summed E-state index contributed by atoms with van der Waals surface area (Å²) in [5.74, 6) is -0.323. The summed E-state index contributed by atoms with van der Waals surface area (Å²) < 4.78 is 5.31. The molecule has 0 saturated carbocycles. The molecule has 4 nitrogen and oxygen atoms in total. The van der Waals surface area contributed by atoms with Crippen LogP contribution in [0.25, 0.3) is 0 Å². The van der Waals surface area contributed by atoms with Crippen molar-refractivity contribution in [2.24, 2.45) is 0 Å². The minimum Gasteiger partial charge on any atom is -0.439 e.